The van der Waals surface area contributed by atoms with E-state index in [0.717, 1.165) is 22.4 Å². The van der Waals surface area contributed by atoms with Gasteiger partial charge in [-0.15, -0.1) is 0 Å². The molecule has 0 saturated heterocycles. The number of carbonyl (C=O) groups is 1. The van der Waals surface area contributed by atoms with Crippen molar-refractivity contribution in [3.63, 3.8) is 0 Å². The van der Waals surface area contributed by atoms with Crippen molar-refractivity contribution < 1.29 is 27.1 Å². The van der Waals surface area contributed by atoms with Gasteiger partial charge in [0.15, 0.2) is 15.6 Å². The lowest BCUT2D eigenvalue weighted by atomic mass is 10.0. The Hall–Kier alpha value is -3.10. The topological polar surface area (TPSA) is 94.8 Å². The van der Waals surface area contributed by atoms with Crippen molar-refractivity contribution in [1.29, 1.82) is 0 Å². The van der Waals surface area contributed by atoms with Crippen LogP contribution in [0.3, 0.4) is 0 Å². The average molecular weight is 442 g/mol. The molecule has 7 nitrogen and oxygen atoms in total. The van der Waals surface area contributed by atoms with Gasteiger partial charge in [-0.05, 0) is 35.4 Å². The molecule has 1 N–H and O–H groups in total. The first-order valence-electron chi connectivity index (χ1n) is 9.80. The van der Waals surface area contributed by atoms with Crippen LogP contribution >= 0.6 is 0 Å². The number of amides is 1. The number of sulfone groups is 1. The van der Waals surface area contributed by atoms with Gasteiger partial charge in [-0.25, -0.2) is 8.42 Å². The van der Waals surface area contributed by atoms with Crippen molar-refractivity contribution in [3.8, 4) is 16.9 Å². The van der Waals surface area contributed by atoms with E-state index in [0.29, 0.717) is 25.3 Å². The van der Waals surface area contributed by atoms with Crippen LogP contribution in [0.2, 0.25) is 0 Å². The number of fused-ring (bicyclic) bond motifs is 1. The molecule has 2 heterocycles. The van der Waals surface area contributed by atoms with Crippen molar-refractivity contribution in [2.24, 2.45) is 0 Å². The number of rotatable bonds is 7. The highest BCUT2D eigenvalue weighted by molar-refractivity contribution is 7.90. The van der Waals surface area contributed by atoms with Crippen molar-refractivity contribution in [2.45, 2.75) is 24.0 Å². The van der Waals surface area contributed by atoms with E-state index in [4.69, 9.17) is 13.9 Å². The number of hydrogen-bond donors (Lipinski definition) is 1. The number of carbonyl (C=O) groups excluding carboxylic acids is 1. The van der Waals surface area contributed by atoms with Gasteiger partial charge in [0.25, 0.3) is 5.91 Å². The number of para-hydroxylation sites is 1. The largest absolute Gasteiger partial charge is 0.487 e. The van der Waals surface area contributed by atoms with Crippen LogP contribution in [-0.4, -0.2) is 40.3 Å². The van der Waals surface area contributed by atoms with E-state index in [1.54, 1.807) is 43.5 Å². The second kappa shape index (κ2) is 8.56. The second-order valence-electron chi connectivity index (χ2n) is 7.44. The molecule has 0 spiro atoms. The zero-order valence-corrected chi connectivity index (χ0v) is 18.1. The smallest absolute Gasteiger partial charge is 0.287 e. The lowest BCUT2D eigenvalue weighted by Crippen LogP contribution is -2.34. The first kappa shape index (κ1) is 21.1. The summed E-state index contributed by atoms with van der Waals surface area (Å²) >= 11 is 0. The maximum atomic E-state index is 12.3. The van der Waals surface area contributed by atoms with E-state index in [1.165, 1.54) is 6.26 Å². The summed E-state index contributed by atoms with van der Waals surface area (Å²) in [6.45, 7) is 0.641. The maximum Gasteiger partial charge on any atom is 0.287 e. The highest BCUT2D eigenvalue weighted by Gasteiger charge is 2.26. The lowest BCUT2D eigenvalue weighted by molar-refractivity contribution is 0.0897. The third-order valence-electron chi connectivity index (χ3n) is 5.08. The van der Waals surface area contributed by atoms with Gasteiger partial charge in [0.1, 0.15) is 24.2 Å². The number of ether oxygens (including phenoxy) is 2. The van der Waals surface area contributed by atoms with Gasteiger partial charge in [-0.2, -0.15) is 0 Å². The van der Waals surface area contributed by atoms with Gasteiger partial charge in [0.05, 0.1) is 11.4 Å². The molecule has 31 heavy (non-hydrogen) atoms. The zero-order valence-electron chi connectivity index (χ0n) is 17.3. The maximum absolute atomic E-state index is 12.3. The summed E-state index contributed by atoms with van der Waals surface area (Å²) in [7, 11) is -1.69. The molecule has 0 radical (unpaired) electrons. The van der Waals surface area contributed by atoms with E-state index in [-0.39, 0.29) is 22.7 Å². The molecule has 1 aliphatic heterocycles. The van der Waals surface area contributed by atoms with Gasteiger partial charge in [-0.3, -0.25) is 4.79 Å². The molecule has 4 rings (SSSR count). The molecule has 1 atom stereocenters. The minimum absolute atomic E-state index is 0.205. The summed E-state index contributed by atoms with van der Waals surface area (Å²) in [5.41, 5.74) is 2.81. The van der Waals surface area contributed by atoms with Crippen molar-refractivity contribution >= 4 is 15.7 Å². The Morgan fingerprint density at radius 3 is 2.61 bits per heavy atom. The molecular weight excluding hydrogens is 418 g/mol. The highest BCUT2D eigenvalue weighted by atomic mass is 32.2. The third kappa shape index (κ3) is 4.65. The first-order chi connectivity index (χ1) is 14.8. The van der Waals surface area contributed by atoms with Gasteiger partial charge < -0.3 is 19.2 Å². The van der Waals surface area contributed by atoms with E-state index in [9.17, 15) is 13.2 Å². The number of methoxy groups -OCH3 is 1. The molecule has 1 aliphatic rings. The van der Waals surface area contributed by atoms with Gasteiger partial charge in [0, 0.05) is 25.3 Å². The van der Waals surface area contributed by atoms with Crippen LogP contribution in [0.5, 0.6) is 5.75 Å². The number of nitrogens with one attached hydrogen (secondary N) is 1. The predicted molar refractivity (Wildman–Crippen MR) is 115 cm³/mol. The van der Waals surface area contributed by atoms with Crippen molar-refractivity contribution in [3.05, 3.63) is 71.7 Å². The molecule has 0 fully saturated rings. The fraction of sp³-hybridized carbons (Fsp3) is 0.261. The molecular formula is C23H23NO6S. The first-order valence-corrected chi connectivity index (χ1v) is 11.7. The Labute approximate surface area is 180 Å². The Morgan fingerprint density at radius 2 is 1.90 bits per heavy atom. The normalized spacial score (nSPS) is 15.4. The lowest BCUT2D eigenvalue weighted by Gasteiger charge is -2.13. The third-order valence-corrected chi connectivity index (χ3v) is 6.21. The van der Waals surface area contributed by atoms with Crippen LogP contribution in [0, 0.1) is 0 Å². The summed E-state index contributed by atoms with van der Waals surface area (Å²) in [5.74, 6) is 1.27. The fourth-order valence-corrected chi connectivity index (χ4v) is 4.21. The van der Waals surface area contributed by atoms with Crippen LogP contribution in [-0.2, 0) is 27.6 Å². The standard InChI is InChI=1S/C23H23NO6S/c1-28-14-17-8-11-21(29-17)23(25)24-13-18-12-16-4-3-5-20(22(16)30-18)15-6-9-19(10-7-15)31(2,26)27/h3-11,18H,12-14H2,1-2H3,(H,24,25). The van der Waals surface area contributed by atoms with Crippen LogP contribution < -0.4 is 10.1 Å². The SMILES string of the molecule is COCc1ccc(C(=O)NCC2Cc3cccc(-c4ccc(S(C)(=O)=O)cc4)c3O2)o1. The predicted octanol–water partition coefficient (Wildman–Crippen LogP) is 3.23. The van der Waals surface area contributed by atoms with Gasteiger partial charge >= 0.3 is 0 Å². The molecule has 0 aliphatic carbocycles. The summed E-state index contributed by atoms with van der Waals surface area (Å²) in [4.78, 5) is 12.6. The van der Waals surface area contributed by atoms with E-state index in [1.807, 2.05) is 18.2 Å². The Bertz CT molecular complexity index is 1200. The molecule has 1 unspecified atom stereocenters. The minimum atomic E-state index is -3.25. The minimum Gasteiger partial charge on any atom is -0.487 e. The molecule has 2 aromatic carbocycles. The summed E-state index contributed by atoms with van der Waals surface area (Å²) < 4.78 is 40.0. The molecule has 8 heteroatoms. The second-order valence-corrected chi connectivity index (χ2v) is 9.46. The highest BCUT2D eigenvalue weighted by Crippen LogP contribution is 2.38. The average Bonchev–Trinajstić information content (AvgIpc) is 3.38. The Balaban J connectivity index is 1.44. The van der Waals surface area contributed by atoms with E-state index >= 15 is 0 Å². The van der Waals surface area contributed by atoms with Crippen LogP contribution in [0.15, 0.2) is 63.9 Å². The van der Waals surface area contributed by atoms with E-state index in [2.05, 4.69) is 5.32 Å². The molecule has 0 bridgehead atoms. The van der Waals surface area contributed by atoms with Gasteiger partial charge in [0.2, 0.25) is 0 Å². The van der Waals surface area contributed by atoms with Crippen molar-refractivity contribution in [2.75, 3.05) is 19.9 Å². The Morgan fingerprint density at radius 1 is 1.13 bits per heavy atom. The summed E-state index contributed by atoms with van der Waals surface area (Å²) in [6, 6.07) is 16.0. The monoisotopic (exact) mass is 441 g/mol. The van der Waals surface area contributed by atoms with Crippen LogP contribution in [0.25, 0.3) is 11.1 Å². The zero-order chi connectivity index (χ0) is 22.0. The fourth-order valence-electron chi connectivity index (χ4n) is 3.57. The molecule has 0 saturated carbocycles. The molecule has 1 amide bonds. The number of hydrogen-bond acceptors (Lipinski definition) is 6. The van der Waals surface area contributed by atoms with Crippen LogP contribution in [0.1, 0.15) is 21.9 Å². The van der Waals surface area contributed by atoms with Gasteiger partial charge in [-0.1, -0.05) is 30.3 Å². The quantitative estimate of drug-likeness (QED) is 0.605. The molecule has 1 aromatic heterocycles. The molecule has 3 aromatic rings. The Kier molecular flexibility index (Phi) is 5.84. The van der Waals surface area contributed by atoms with Crippen molar-refractivity contribution in [1.82, 2.24) is 5.32 Å². The number of furan rings is 1. The summed E-state index contributed by atoms with van der Waals surface area (Å²) in [6.07, 6.45) is 1.65. The van der Waals surface area contributed by atoms with E-state index < -0.39 is 9.84 Å². The number of benzene rings is 2. The molecule has 162 valence electrons. The summed E-state index contributed by atoms with van der Waals surface area (Å²) in [5, 5.41) is 2.85. The van der Waals surface area contributed by atoms with Crippen LogP contribution in [0.4, 0.5) is 0 Å².